The molecule has 0 fully saturated rings. The summed E-state index contributed by atoms with van der Waals surface area (Å²) in [5.74, 6) is 0. The zero-order valence-corrected chi connectivity index (χ0v) is 26.6. The normalized spacial score (nSPS) is 10.6. The first-order valence-corrected chi connectivity index (χ1v) is 8.18. The van der Waals surface area contributed by atoms with Crippen molar-refractivity contribution in [1.29, 1.82) is 0 Å². The summed E-state index contributed by atoms with van der Waals surface area (Å²) in [4.78, 5) is 20.9. The molecule has 0 aliphatic rings. The number of rotatable bonds is 7. The van der Waals surface area contributed by atoms with Gasteiger partial charge in [0.15, 0.2) is 0 Å². The molecule has 0 aromatic heterocycles. The first kappa shape index (κ1) is 25.7. The zero-order chi connectivity index (χ0) is 13.6. The Balaban J connectivity index is 0. The van der Waals surface area contributed by atoms with Crippen molar-refractivity contribution in [2.24, 2.45) is 0 Å². The third kappa shape index (κ3) is 12.8. The van der Waals surface area contributed by atoms with Gasteiger partial charge in [-0.05, 0) is 50.4 Å². The average Bonchev–Trinajstić information content (AvgIpc) is 2.26. The van der Waals surface area contributed by atoms with Gasteiger partial charge in [-0.1, -0.05) is 44.2 Å². The second kappa shape index (κ2) is 13.7. The average molecular weight is 534 g/mol. The van der Waals surface area contributed by atoms with E-state index >= 15 is 0 Å². The number of hydrogen-bond acceptors (Lipinski definition) is 3. The second-order valence-electron chi connectivity index (χ2n) is 4.93. The van der Waals surface area contributed by atoms with Gasteiger partial charge in [-0.15, -0.1) is 0 Å². The van der Waals surface area contributed by atoms with Gasteiger partial charge in [0.25, 0.3) is 0 Å². The minimum absolute atomic E-state index is 0. The van der Waals surface area contributed by atoms with Crippen LogP contribution in [0.5, 0.6) is 0 Å². The van der Waals surface area contributed by atoms with E-state index in [1.54, 1.807) is 0 Å². The quantitative estimate of drug-likeness (QED) is 0.268. The summed E-state index contributed by atoms with van der Waals surface area (Å²) in [5.41, 5.74) is 3.95. The van der Waals surface area contributed by atoms with E-state index in [1.165, 1.54) is 16.7 Å². The molecule has 1 aromatic carbocycles. The Morgan fingerprint density at radius 2 is 1.60 bits per heavy atom. The van der Waals surface area contributed by atoms with Gasteiger partial charge >= 0.3 is 138 Å². The maximum Gasteiger partial charge on any atom is 1.00 e. The fraction of sp³-hybridized carbons (Fsp3) is 0.571. The van der Waals surface area contributed by atoms with Gasteiger partial charge in [-0.3, -0.25) is 0 Å². The smallest absolute Gasteiger partial charge is 0.811 e. The molecule has 102 valence electrons. The fourth-order valence-electron chi connectivity index (χ4n) is 2.04. The summed E-state index contributed by atoms with van der Waals surface area (Å²) in [6, 6.07) is 6.45. The van der Waals surface area contributed by atoms with Gasteiger partial charge in [0.1, 0.15) is 0 Å². The molecule has 3 nitrogen and oxygen atoms in total. The number of benzene rings is 1. The molecular weight excluding hydrogens is 513 g/mol. The van der Waals surface area contributed by atoms with E-state index in [1.807, 2.05) is 0 Å². The predicted octanol–water partition coefficient (Wildman–Crippen LogP) is -3.67. The molecule has 0 aliphatic heterocycles. The Morgan fingerprint density at radius 1 is 1.00 bits per heavy atom. The van der Waals surface area contributed by atoms with Crippen molar-refractivity contribution in [2.75, 3.05) is 6.16 Å². The van der Waals surface area contributed by atoms with Crippen molar-refractivity contribution in [1.82, 2.24) is 0 Å². The van der Waals surface area contributed by atoms with Gasteiger partial charge in [0.05, 0.1) is 0 Å². The molecule has 0 radical (unpaired) electrons. The van der Waals surface area contributed by atoms with Crippen LogP contribution in [-0.4, -0.2) is 6.16 Å². The minimum atomic E-state index is -4.29. The molecule has 0 aliphatic carbocycles. The van der Waals surface area contributed by atoms with Crippen LogP contribution in [0, 0.1) is 13.8 Å². The van der Waals surface area contributed by atoms with Crippen molar-refractivity contribution < 1.29 is 152 Å². The predicted molar refractivity (Wildman–Crippen MR) is 70.6 cm³/mol. The summed E-state index contributed by atoms with van der Waals surface area (Å²) >= 11 is 0. The van der Waals surface area contributed by atoms with E-state index in [4.69, 9.17) is 0 Å². The Morgan fingerprint density at radius 3 is 2.20 bits per heavy atom. The third-order valence-corrected chi connectivity index (χ3v) is 4.00. The Hall–Kier alpha value is 3.47. The molecule has 0 saturated heterocycles. The standard InChI is InChI=1S/C14H23O3P.2Cs/c1-12-8-9-13(2)14(11-12)7-5-3-4-6-10-18(15,16)17;;/h8-9,11H,3-7,10H2,1-2H3,(H2,15,16,17);;/q;2*+1/p-2. The van der Waals surface area contributed by atoms with E-state index in [9.17, 15) is 14.4 Å². The number of unbranched alkanes of at least 4 members (excludes halogenated alkanes) is 3. The van der Waals surface area contributed by atoms with E-state index in [0.29, 0.717) is 6.42 Å². The van der Waals surface area contributed by atoms with Crippen LogP contribution in [-0.2, 0) is 11.0 Å². The maximum absolute atomic E-state index is 10.4. The molecular formula is C14H21Cs2O3P. The van der Waals surface area contributed by atoms with Crippen LogP contribution in [0.4, 0.5) is 0 Å². The van der Waals surface area contributed by atoms with Crippen LogP contribution in [0.15, 0.2) is 18.2 Å². The first-order chi connectivity index (χ1) is 8.38. The Bertz CT molecular complexity index is 432. The summed E-state index contributed by atoms with van der Waals surface area (Å²) in [7, 11) is -4.29. The van der Waals surface area contributed by atoms with Gasteiger partial charge in [0, 0.05) is 0 Å². The summed E-state index contributed by atoms with van der Waals surface area (Å²) in [6.45, 7) is 4.20. The molecule has 0 N–H and O–H groups in total. The van der Waals surface area contributed by atoms with E-state index in [-0.39, 0.29) is 144 Å². The van der Waals surface area contributed by atoms with Gasteiger partial charge < -0.3 is 14.4 Å². The largest absolute Gasteiger partial charge is 1.00 e. The summed E-state index contributed by atoms with van der Waals surface area (Å²) in [6.07, 6.45) is 4.17. The molecule has 1 rings (SSSR count). The minimum Gasteiger partial charge on any atom is -0.811 e. The van der Waals surface area contributed by atoms with Crippen molar-refractivity contribution in [3.05, 3.63) is 34.9 Å². The van der Waals surface area contributed by atoms with Crippen LogP contribution < -0.4 is 148 Å². The van der Waals surface area contributed by atoms with Crippen molar-refractivity contribution >= 4 is 7.60 Å². The molecule has 0 atom stereocenters. The van der Waals surface area contributed by atoms with E-state index in [2.05, 4.69) is 32.0 Å². The van der Waals surface area contributed by atoms with Crippen LogP contribution in [0.3, 0.4) is 0 Å². The van der Waals surface area contributed by atoms with Gasteiger partial charge in [-0.2, -0.15) is 0 Å². The first-order valence-electron chi connectivity index (χ1n) is 6.46. The molecule has 0 heterocycles. The molecule has 0 amide bonds. The van der Waals surface area contributed by atoms with E-state index in [0.717, 1.165) is 25.7 Å². The van der Waals surface area contributed by atoms with Crippen molar-refractivity contribution in [3.8, 4) is 0 Å². The van der Waals surface area contributed by atoms with Gasteiger partial charge in [0.2, 0.25) is 0 Å². The summed E-state index contributed by atoms with van der Waals surface area (Å²) < 4.78 is 10.4. The van der Waals surface area contributed by atoms with E-state index < -0.39 is 7.60 Å². The molecule has 6 heteroatoms. The Kier molecular flexibility index (Phi) is 17.7. The zero-order valence-electron chi connectivity index (χ0n) is 13.1. The topological polar surface area (TPSA) is 63.2 Å². The van der Waals surface area contributed by atoms with Crippen LogP contribution >= 0.6 is 7.60 Å². The maximum atomic E-state index is 10.4. The van der Waals surface area contributed by atoms with Crippen molar-refractivity contribution in [2.45, 2.75) is 46.0 Å². The van der Waals surface area contributed by atoms with Gasteiger partial charge in [-0.25, -0.2) is 0 Å². The van der Waals surface area contributed by atoms with Crippen LogP contribution in [0.2, 0.25) is 0 Å². The SMILES string of the molecule is Cc1ccc(C)c(CCCCCCP(=O)([O-])[O-])c1.[Cs+].[Cs+]. The van der Waals surface area contributed by atoms with Crippen LogP contribution in [0.25, 0.3) is 0 Å². The number of hydrogen-bond donors (Lipinski definition) is 0. The molecule has 0 saturated carbocycles. The molecule has 0 spiro atoms. The molecule has 0 unspecified atom stereocenters. The fourth-order valence-corrected chi connectivity index (χ4v) is 2.65. The van der Waals surface area contributed by atoms with Crippen molar-refractivity contribution in [3.63, 3.8) is 0 Å². The number of aryl methyl sites for hydroxylation is 3. The second-order valence-corrected chi connectivity index (χ2v) is 6.60. The summed E-state index contributed by atoms with van der Waals surface area (Å²) in [5, 5.41) is 0. The van der Waals surface area contributed by atoms with Crippen LogP contribution in [0.1, 0.15) is 42.4 Å². The molecule has 20 heavy (non-hydrogen) atoms. The molecule has 1 aromatic rings. The monoisotopic (exact) mass is 534 g/mol. The Labute approximate surface area is 240 Å². The third-order valence-electron chi connectivity index (χ3n) is 3.13. The molecule has 0 bridgehead atoms.